The van der Waals surface area contributed by atoms with E-state index in [4.69, 9.17) is 0 Å². The molecule has 0 aliphatic carbocycles. The van der Waals surface area contributed by atoms with Crippen molar-refractivity contribution in [2.45, 2.75) is 26.3 Å². The second-order valence-corrected chi connectivity index (χ2v) is 7.18. The van der Waals surface area contributed by atoms with Crippen molar-refractivity contribution >= 4 is 43.2 Å². The van der Waals surface area contributed by atoms with E-state index in [-0.39, 0.29) is 0 Å². The Bertz CT molecular complexity index is 298. The van der Waals surface area contributed by atoms with Crippen molar-refractivity contribution in [3.05, 3.63) is 19.2 Å². The van der Waals surface area contributed by atoms with Crippen molar-refractivity contribution in [2.24, 2.45) is 5.92 Å². The van der Waals surface area contributed by atoms with Crippen LogP contribution in [0.25, 0.3) is 0 Å². The molecular weight excluding hydrogens is 326 g/mol. The maximum Gasteiger partial charge on any atom is 0.0758 e. The largest absolute Gasteiger partial charge is 0.313 e. The smallest absolute Gasteiger partial charge is 0.0758 e. The van der Waals surface area contributed by atoms with Gasteiger partial charge in [-0.15, -0.1) is 11.3 Å². The lowest BCUT2D eigenvalue weighted by Crippen LogP contribution is -2.22. The molecule has 0 aliphatic heterocycles. The molecule has 1 heterocycles. The number of hydrogen-bond donors (Lipinski definition) is 1. The van der Waals surface area contributed by atoms with E-state index in [0.717, 1.165) is 0 Å². The van der Waals surface area contributed by atoms with Crippen LogP contribution >= 0.6 is 43.2 Å². The monoisotopic (exact) mass is 339 g/mol. The molecule has 80 valence electrons. The minimum Gasteiger partial charge on any atom is -0.313 e. The molecular formula is C10H15Br2NS. The summed E-state index contributed by atoms with van der Waals surface area (Å²) in [6, 6.07) is 2.64. The average Bonchev–Trinajstić information content (AvgIpc) is 2.47. The number of nitrogens with one attached hydrogen (secondary N) is 1. The lowest BCUT2D eigenvalue weighted by molar-refractivity contribution is 0.400. The van der Waals surface area contributed by atoms with Crippen LogP contribution in [0, 0.1) is 5.92 Å². The highest BCUT2D eigenvalue weighted by Crippen LogP contribution is 2.38. The SMILES string of the molecule is CCC(C)C(NC)c1cc(Br)sc1Br. The number of halogens is 2. The van der Waals surface area contributed by atoms with E-state index in [1.165, 1.54) is 19.6 Å². The molecule has 0 spiro atoms. The lowest BCUT2D eigenvalue weighted by Gasteiger charge is -2.22. The Balaban J connectivity index is 2.94. The normalized spacial score (nSPS) is 15.5. The molecule has 0 saturated carbocycles. The third kappa shape index (κ3) is 2.81. The van der Waals surface area contributed by atoms with Gasteiger partial charge in [-0.25, -0.2) is 0 Å². The van der Waals surface area contributed by atoms with Gasteiger partial charge in [0.05, 0.1) is 7.57 Å². The average molecular weight is 341 g/mol. The molecule has 2 atom stereocenters. The fraction of sp³-hybridized carbons (Fsp3) is 0.600. The molecule has 0 amide bonds. The van der Waals surface area contributed by atoms with Gasteiger partial charge in [0.25, 0.3) is 0 Å². The summed E-state index contributed by atoms with van der Waals surface area (Å²) in [5, 5.41) is 3.38. The van der Waals surface area contributed by atoms with Crippen LogP contribution in [0.5, 0.6) is 0 Å². The summed E-state index contributed by atoms with van der Waals surface area (Å²) < 4.78 is 2.41. The molecule has 1 rings (SSSR count). The Morgan fingerprint density at radius 1 is 1.50 bits per heavy atom. The van der Waals surface area contributed by atoms with Crippen molar-refractivity contribution < 1.29 is 0 Å². The summed E-state index contributed by atoms with van der Waals surface area (Å²) in [5.74, 6) is 0.651. The second-order valence-electron chi connectivity index (χ2n) is 3.43. The first kappa shape index (κ1) is 12.7. The van der Waals surface area contributed by atoms with Crippen molar-refractivity contribution in [2.75, 3.05) is 7.05 Å². The molecule has 1 aromatic heterocycles. The van der Waals surface area contributed by atoms with E-state index in [1.54, 1.807) is 11.3 Å². The summed E-state index contributed by atoms with van der Waals surface area (Å²) in [7, 11) is 2.02. The van der Waals surface area contributed by atoms with Crippen LogP contribution in [-0.2, 0) is 0 Å². The number of rotatable bonds is 4. The van der Waals surface area contributed by atoms with Crippen molar-refractivity contribution in [1.29, 1.82) is 0 Å². The summed E-state index contributed by atoms with van der Waals surface area (Å²) in [4.78, 5) is 0. The highest BCUT2D eigenvalue weighted by Gasteiger charge is 2.20. The van der Waals surface area contributed by atoms with Gasteiger partial charge >= 0.3 is 0 Å². The van der Waals surface area contributed by atoms with Crippen LogP contribution in [0.2, 0.25) is 0 Å². The molecule has 1 nitrogen and oxygen atoms in total. The van der Waals surface area contributed by atoms with Crippen LogP contribution in [0.4, 0.5) is 0 Å². The van der Waals surface area contributed by atoms with Gasteiger partial charge in [0, 0.05) is 6.04 Å². The van der Waals surface area contributed by atoms with Crippen molar-refractivity contribution in [3.63, 3.8) is 0 Å². The Labute approximate surface area is 107 Å². The van der Waals surface area contributed by atoms with Gasteiger partial charge < -0.3 is 5.32 Å². The van der Waals surface area contributed by atoms with E-state index in [2.05, 4.69) is 57.1 Å². The third-order valence-electron chi connectivity index (χ3n) is 2.54. The first-order chi connectivity index (χ1) is 6.60. The summed E-state index contributed by atoms with van der Waals surface area (Å²) in [6.07, 6.45) is 1.19. The maximum absolute atomic E-state index is 3.60. The van der Waals surface area contributed by atoms with Crippen LogP contribution in [-0.4, -0.2) is 7.05 Å². The molecule has 0 fully saturated rings. The summed E-state index contributed by atoms with van der Waals surface area (Å²) >= 11 is 8.85. The van der Waals surface area contributed by atoms with Crippen molar-refractivity contribution in [3.8, 4) is 0 Å². The zero-order valence-electron chi connectivity index (χ0n) is 8.60. The Morgan fingerprint density at radius 2 is 2.14 bits per heavy atom. The van der Waals surface area contributed by atoms with Gasteiger partial charge in [-0.05, 0) is 56.5 Å². The zero-order valence-corrected chi connectivity index (χ0v) is 12.6. The fourth-order valence-electron chi connectivity index (χ4n) is 1.55. The first-order valence-corrected chi connectivity index (χ1v) is 7.12. The Kier molecular flexibility index (Phi) is 5.11. The molecule has 0 radical (unpaired) electrons. The van der Waals surface area contributed by atoms with Gasteiger partial charge in [-0.1, -0.05) is 20.3 Å². The van der Waals surface area contributed by atoms with E-state index >= 15 is 0 Å². The predicted molar refractivity (Wildman–Crippen MR) is 71.0 cm³/mol. The van der Waals surface area contributed by atoms with E-state index in [9.17, 15) is 0 Å². The zero-order chi connectivity index (χ0) is 10.7. The van der Waals surface area contributed by atoms with E-state index < -0.39 is 0 Å². The molecule has 2 unspecified atom stereocenters. The van der Waals surface area contributed by atoms with Gasteiger partial charge in [0.2, 0.25) is 0 Å². The Morgan fingerprint density at radius 3 is 2.50 bits per heavy atom. The molecule has 1 N–H and O–H groups in total. The van der Waals surface area contributed by atoms with Crippen LogP contribution < -0.4 is 5.32 Å². The lowest BCUT2D eigenvalue weighted by atomic mass is 9.95. The first-order valence-electron chi connectivity index (χ1n) is 4.72. The molecule has 14 heavy (non-hydrogen) atoms. The Hall–Kier alpha value is 0.620. The van der Waals surface area contributed by atoms with E-state index in [1.807, 2.05) is 7.05 Å². The number of thiophene rings is 1. The van der Waals surface area contributed by atoms with E-state index in [0.29, 0.717) is 12.0 Å². The van der Waals surface area contributed by atoms with Crippen LogP contribution in [0.1, 0.15) is 31.9 Å². The molecule has 4 heteroatoms. The van der Waals surface area contributed by atoms with Crippen molar-refractivity contribution in [1.82, 2.24) is 5.32 Å². The highest BCUT2D eigenvalue weighted by molar-refractivity contribution is 9.12. The van der Waals surface area contributed by atoms with Crippen LogP contribution in [0.15, 0.2) is 13.6 Å². The maximum atomic E-state index is 3.60. The molecule has 0 saturated heterocycles. The number of hydrogen-bond acceptors (Lipinski definition) is 2. The quantitative estimate of drug-likeness (QED) is 0.845. The standard InChI is InChI=1S/C10H15Br2NS/c1-4-6(2)9(13-3)7-5-8(11)14-10(7)12/h5-6,9,13H,4H2,1-3H3. The topological polar surface area (TPSA) is 12.0 Å². The van der Waals surface area contributed by atoms with Crippen LogP contribution in [0.3, 0.4) is 0 Å². The minimum absolute atomic E-state index is 0.442. The van der Waals surface area contributed by atoms with Gasteiger partial charge in [-0.3, -0.25) is 0 Å². The third-order valence-corrected chi connectivity index (χ3v) is 4.93. The van der Waals surface area contributed by atoms with Gasteiger partial charge in [0.1, 0.15) is 0 Å². The summed E-state index contributed by atoms with van der Waals surface area (Å²) in [6.45, 7) is 4.50. The fourth-order valence-corrected chi connectivity index (χ4v) is 4.48. The molecule has 0 bridgehead atoms. The summed E-state index contributed by atoms with van der Waals surface area (Å²) in [5.41, 5.74) is 1.36. The molecule has 1 aromatic rings. The predicted octanol–water partition coefficient (Wildman–Crippen LogP) is 4.58. The highest BCUT2D eigenvalue weighted by atomic mass is 79.9. The second kappa shape index (κ2) is 5.64. The van der Waals surface area contributed by atoms with Gasteiger partial charge in [0.15, 0.2) is 0 Å². The minimum atomic E-state index is 0.442. The molecule has 0 aliphatic rings. The molecule has 0 aromatic carbocycles. The van der Waals surface area contributed by atoms with Gasteiger partial charge in [-0.2, -0.15) is 0 Å².